The number of rotatable bonds is 4. The predicted molar refractivity (Wildman–Crippen MR) is 58.9 cm³/mol. The monoisotopic (exact) mass is 206 g/mol. The third-order valence-electron chi connectivity index (χ3n) is 1.91. The first-order chi connectivity index (χ1) is 7.17. The van der Waals surface area contributed by atoms with Crippen molar-refractivity contribution >= 4 is 11.8 Å². The molecular weight excluding hydrogens is 192 g/mol. The van der Waals surface area contributed by atoms with Gasteiger partial charge in [-0.1, -0.05) is 6.08 Å². The zero-order valence-corrected chi connectivity index (χ0v) is 8.86. The number of hydrogen-bond acceptors (Lipinski definition) is 4. The first-order valence-corrected chi connectivity index (χ1v) is 4.61. The minimum atomic E-state index is -0.369. The van der Waals surface area contributed by atoms with E-state index in [0.717, 1.165) is 0 Å². The number of nitrogens with zero attached hydrogens (tertiary/aromatic N) is 1. The molecule has 0 aromatic carbocycles. The molecule has 1 heterocycles. The second-order valence-corrected chi connectivity index (χ2v) is 3.09. The van der Waals surface area contributed by atoms with Crippen LogP contribution in [0.5, 0.6) is 0 Å². The number of carbonyl (C=O) groups excluding carboxylic acids is 1. The van der Waals surface area contributed by atoms with Gasteiger partial charge in [0.15, 0.2) is 0 Å². The van der Waals surface area contributed by atoms with Crippen molar-refractivity contribution in [1.82, 2.24) is 4.98 Å². The van der Waals surface area contributed by atoms with Gasteiger partial charge in [0.2, 0.25) is 0 Å². The Morgan fingerprint density at radius 3 is 3.07 bits per heavy atom. The van der Waals surface area contributed by atoms with E-state index in [4.69, 9.17) is 0 Å². The molecule has 4 heteroatoms. The first-order valence-electron chi connectivity index (χ1n) is 4.61. The fraction of sp³-hybridized carbons (Fsp3) is 0.273. The molecule has 0 amide bonds. The van der Waals surface area contributed by atoms with Gasteiger partial charge in [0.25, 0.3) is 0 Å². The van der Waals surface area contributed by atoms with Gasteiger partial charge in [-0.3, -0.25) is 0 Å². The fourth-order valence-electron chi connectivity index (χ4n) is 1.05. The summed E-state index contributed by atoms with van der Waals surface area (Å²) in [6, 6.07) is 3.35. The second-order valence-electron chi connectivity index (χ2n) is 3.09. The lowest BCUT2D eigenvalue weighted by Gasteiger charge is -2.10. The Labute approximate surface area is 89.0 Å². The lowest BCUT2D eigenvalue weighted by molar-refractivity contribution is 0.0600. The van der Waals surface area contributed by atoms with Gasteiger partial charge in [0.1, 0.15) is 5.82 Å². The smallest absolute Gasteiger partial charge is 0.338 e. The van der Waals surface area contributed by atoms with Crippen LogP contribution < -0.4 is 5.32 Å². The molecule has 0 bridgehead atoms. The molecule has 0 aliphatic carbocycles. The zero-order valence-electron chi connectivity index (χ0n) is 8.86. The summed E-state index contributed by atoms with van der Waals surface area (Å²) < 4.78 is 4.61. The molecule has 0 aliphatic rings. The quantitative estimate of drug-likeness (QED) is 0.603. The molecule has 15 heavy (non-hydrogen) atoms. The van der Waals surface area contributed by atoms with Gasteiger partial charge in [0, 0.05) is 12.2 Å². The molecule has 1 unspecified atom stereocenters. The van der Waals surface area contributed by atoms with Crippen LogP contribution in [0.15, 0.2) is 31.0 Å². The van der Waals surface area contributed by atoms with Gasteiger partial charge >= 0.3 is 5.97 Å². The summed E-state index contributed by atoms with van der Waals surface area (Å²) in [7, 11) is 1.35. The van der Waals surface area contributed by atoms with E-state index in [1.54, 1.807) is 24.4 Å². The summed E-state index contributed by atoms with van der Waals surface area (Å²) in [4.78, 5) is 15.3. The Hall–Kier alpha value is -1.84. The van der Waals surface area contributed by atoms with Crippen LogP contribution in [-0.4, -0.2) is 24.1 Å². The molecule has 1 aromatic heterocycles. The van der Waals surface area contributed by atoms with E-state index in [-0.39, 0.29) is 12.0 Å². The van der Waals surface area contributed by atoms with Crippen LogP contribution in [0.4, 0.5) is 5.82 Å². The van der Waals surface area contributed by atoms with Crippen molar-refractivity contribution in [3.63, 3.8) is 0 Å². The van der Waals surface area contributed by atoms with Gasteiger partial charge in [0.05, 0.1) is 12.7 Å². The molecule has 1 rings (SSSR count). The molecule has 0 saturated carbocycles. The number of nitrogens with one attached hydrogen (secondary N) is 1. The minimum absolute atomic E-state index is 0.102. The Kier molecular flexibility index (Phi) is 3.85. The maximum Gasteiger partial charge on any atom is 0.338 e. The van der Waals surface area contributed by atoms with Crippen LogP contribution in [0, 0.1) is 0 Å². The molecule has 0 aliphatic heterocycles. The molecule has 0 saturated heterocycles. The summed E-state index contributed by atoms with van der Waals surface area (Å²) in [6.07, 6.45) is 3.32. The number of pyridine rings is 1. The van der Waals surface area contributed by atoms with E-state index < -0.39 is 0 Å². The van der Waals surface area contributed by atoms with Crippen molar-refractivity contribution < 1.29 is 9.53 Å². The fourth-order valence-corrected chi connectivity index (χ4v) is 1.05. The average molecular weight is 206 g/mol. The van der Waals surface area contributed by atoms with Crippen molar-refractivity contribution in [2.75, 3.05) is 12.4 Å². The largest absolute Gasteiger partial charge is 0.465 e. The number of anilines is 1. The number of methoxy groups -OCH3 is 1. The van der Waals surface area contributed by atoms with Crippen LogP contribution in [0.1, 0.15) is 17.3 Å². The summed E-state index contributed by atoms with van der Waals surface area (Å²) in [5, 5.41) is 3.07. The van der Waals surface area contributed by atoms with Crippen molar-refractivity contribution in [1.29, 1.82) is 0 Å². The molecule has 1 atom stereocenters. The highest BCUT2D eigenvalue weighted by molar-refractivity contribution is 5.89. The second kappa shape index (κ2) is 5.14. The summed E-state index contributed by atoms with van der Waals surface area (Å²) in [5.74, 6) is 0.261. The summed E-state index contributed by atoms with van der Waals surface area (Å²) in [5.41, 5.74) is 0.478. The van der Waals surface area contributed by atoms with Crippen molar-refractivity contribution in [3.8, 4) is 0 Å². The predicted octanol–water partition coefficient (Wildman–Crippen LogP) is 1.85. The summed E-state index contributed by atoms with van der Waals surface area (Å²) >= 11 is 0. The highest BCUT2D eigenvalue weighted by Crippen LogP contribution is 2.09. The molecule has 1 N–H and O–H groups in total. The van der Waals surface area contributed by atoms with Crippen molar-refractivity contribution in [2.45, 2.75) is 13.0 Å². The van der Waals surface area contributed by atoms with Crippen molar-refractivity contribution in [2.24, 2.45) is 0 Å². The van der Waals surface area contributed by atoms with Crippen LogP contribution in [0.3, 0.4) is 0 Å². The number of carbonyl (C=O) groups is 1. The van der Waals surface area contributed by atoms with Gasteiger partial charge in [-0.2, -0.15) is 0 Å². The Morgan fingerprint density at radius 2 is 2.47 bits per heavy atom. The Balaban J connectivity index is 2.83. The van der Waals surface area contributed by atoms with Crippen LogP contribution in [0.25, 0.3) is 0 Å². The topological polar surface area (TPSA) is 51.2 Å². The van der Waals surface area contributed by atoms with Crippen LogP contribution >= 0.6 is 0 Å². The zero-order chi connectivity index (χ0) is 11.3. The van der Waals surface area contributed by atoms with E-state index in [1.807, 2.05) is 6.92 Å². The maximum absolute atomic E-state index is 11.2. The van der Waals surface area contributed by atoms with Crippen LogP contribution in [-0.2, 0) is 4.74 Å². The normalized spacial score (nSPS) is 11.6. The lowest BCUT2D eigenvalue weighted by Crippen LogP contribution is -2.13. The lowest BCUT2D eigenvalue weighted by atomic mass is 10.2. The molecule has 0 spiro atoms. The van der Waals surface area contributed by atoms with Crippen molar-refractivity contribution in [3.05, 3.63) is 36.5 Å². The highest BCUT2D eigenvalue weighted by Gasteiger charge is 2.06. The summed E-state index contributed by atoms with van der Waals surface area (Å²) in [6.45, 7) is 5.59. The average Bonchev–Trinajstić information content (AvgIpc) is 2.28. The van der Waals surface area contributed by atoms with Crippen LogP contribution in [0.2, 0.25) is 0 Å². The van der Waals surface area contributed by atoms with Gasteiger partial charge in [-0.05, 0) is 19.1 Å². The maximum atomic E-state index is 11.2. The number of hydrogen-bond donors (Lipinski definition) is 1. The third-order valence-corrected chi connectivity index (χ3v) is 1.91. The van der Waals surface area contributed by atoms with E-state index >= 15 is 0 Å². The van der Waals surface area contributed by atoms with E-state index in [9.17, 15) is 4.79 Å². The molecule has 1 aromatic rings. The number of ether oxygens (including phenoxy) is 1. The Bertz CT molecular complexity index is 363. The van der Waals surface area contributed by atoms with Gasteiger partial charge in [-0.15, -0.1) is 6.58 Å². The standard InChI is InChI=1S/C11H14N2O2/c1-4-8(2)13-10-7-9(5-6-12-10)11(14)15-3/h4-8H,1H2,2-3H3,(H,12,13). The first kappa shape index (κ1) is 11.2. The molecule has 4 nitrogen and oxygen atoms in total. The SMILES string of the molecule is C=CC(C)Nc1cc(C(=O)OC)ccn1. The van der Waals surface area contributed by atoms with E-state index in [1.165, 1.54) is 7.11 Å². The highest BCUT2D eigenvalue weighted by atomic mass is 16.5. The molecule has 80 valence electrons. The Morgan fingerprint density at radius 1 is 1.73 bits per heavy atom. The molecular formula is C11H14N2O2. The van der Waals surface area contributed by atoms with E-state index in [2.05, 4.69) is 21.6 Å². The third kappa shape index (κ3) is 3.09. The number of aromatic nitrogens is 1. The number of esters is 1. The molecule has 0 fully saturated rings. The minimum Gasteiger partial charge on any atom is -0.465 e. The van der Waals surface area contributed by atoms with Gasteiger partial charge in [-0.25, -0.2) is 9.78 Å². The van der Waals surface area contributed by atoms with E-state index in [0.29, 0.717) is 11.4 Å². The molecule has 0 radical (unpaired) electrons. The van der Waals surface area contributed by atoms with Gasteiger partial charge < -0.3 is 10.1 Å².